The van der Waals surface area contributed by atoms with Crippen molar-refractivity contribution in [2.24, 2.45) is 29.1 Å². The van der Waals surface area contributed by atoms with Gasteiger partial charge in [0.2, 0.25) is 0 Å². The topological polar surface area (TPSA) is 0 Å². The highest BCUT2D eigenvalue weighted by Crippen LogP contribution is 2.60. The third kappa shape index (κ3) is 2.11. The normalized spacial score (nSPS) is 41.3. The van der Waals surface area contributed by atoms with Crippen LogP contribution in [0.2, 0.25) is 0 Å². The Labute approximate surface area is 125 Å². The maximum absolute atomic E-state index is 2.65. The monoisotopic (exact) mass is 272 g/mol. The third-order valence-corrected chi connectivity index (χ3v) is 6.96. The molecular formula is C20H32. The standard InChI is InChI=1S/C20H32/c1-13(2)18-8-9-19-17-12-14(3)6-7-16(17)15(4)10-11-20(18,19)5/h12-13,17-19H,6-11H2,1-5H3. The van der Waals surface area contributed by atoms with Gasteiger partial charge >= 0.3 is 0 Å². The van der Waals surface area contributed by atoms with Crippen molar-refractivity contribution in [2.75, 3.05) is 0 Å². The van der Waals surface area contributed by atoms with Crippen molar-refractivity contribution in [1.82, 2.24) is 0 Å². The summed E-state index contributed by atoms with van der Waals surface area (Å²) in [6.45, 7) is 12.3. The predicted octanol–water partition coefficient (Wildman–Crippen LogP) is 6.14. The summed E-state index contributed by atoms with van der Waals surface area (Å²) in [6, 6.07) is 0. The lowest BCUT2D eigenvalue weighted by atomic mass is 9.63. The van der Waals surface area contributed by atoms with Crippen molar-refractivity contribution in [3.63, 3.8) is 0 Å². The Morgan fingerprint density at radius 3 is 2.55 bits per heavy atom. The van der Waals surface area contributed by atoms with Gasteiger partial charge in [0.05, 0.1) is 0 Å². The fourth-order valence-electron chi connectivity index (χ4n) is 5.81. The molecule has 0 heterocycles. The Hall–Kier alpha value is -0.520. The van der Waals surface area contributed by atoms with Crippen LogP contribution in [0.15, 0.2) is 22.8 Å². The summed E-state index contributed by atoms with van der Waals surface area (Å²) in [7, 11) is 0. The summed E-state index contributed by atoms with van der Waals surface area (Å²) in [5, 5.41) is 0. The lowest BCUT2D eigenvalue weighted by Crippen LogP contribution is -2.35. The van der Waals surface area contributed by atoms with E-state index < -0.39 is 0 Å². The molecule has 0 aromatic rings. The zero-order chi connectivity index (χ0) is 14.5. The van der Waals surface area contributed by atoms with Crippen molar-refractivity contribution < 1.29 is 0 Å². The Balaban J connectivity index is 2.02. The van der Waals surface area contributed by atoms with Crippen LogP contribution < -0.4 is 0 Å². The van der Waals surface area contributed by atoms with E-state index in [2.05, 4.69) is 40.7 Å². The highest BCUT2D eigenvalue weighted by molar-refractivity contribution is 5.31. The molecule has 0 nitrogen and oxygen atoms in total. The van der Waals surface area contributed by atoms with Crippen LogP contribution in [-0.2, 0) is 0 Å². The van der Waals surface area contributed by atoms with E-state index in [-0.39, 0.29) is 0 Å². The zero-order valence-electron chi connectivity index (χ0n) is 14.1. The van der Waals surface area contributed by atoms with E-state index >= 15 is 0 Å². The lowest BCUT2D eigenvalue weighted by molar-refractivity contribution is 0.0964. The van der Waals surface area contributed by atoms with Crippen LogP contribution in [0, 0.1) is 29.1 Å². The molecule has 0 aliphatic heterocycles. The molecule has 3 aliphatic rings. The van der Waals surface area contributed by atoms with Crippen LogP contribution in [0.25, 0.3) is 0 Å². The SMILES string of the molecule is CC1=CC2C(=C(C)CCC3(C)C(C(C)C)CCC23)CC1. The summed E-state index contributed by atoms with van der Waals surface area (Å²) < 4.78 is 0. The van der Waals surface area contributed by atoms with Crippen molar-refractivity contribution >= 4 is 0 Å². The average Bonchev–Trinajstić information content (AvgIpc) is 2.69. The van der Waals surface area contributed by atoms with Crippen molar-refractivity contribution in [2.45, 2.75) is 73.1 Å². The summed E-state index contributed by atoms with van der Waals surface area (Å²) >= 11 is 0. The van der Waals surface area contributed by atoms with E-state index in [1.165, 1.54) is 38.5 Å². The van der Waals surface area contributed by atoms with Gasteiger partial charge in [0.15, 0.2) is 0 Å². The zero-order valence-corrected chi connectivity index (χ0v) is 14.1. The number of fused-ring (bicyclic) bond motifs is 3. The van der Waals surface area contributed by atoms with Gasteiger partial charge in [-0.1, -0.05) is 43.6 Å². The molecule has 4 atom stereocenters. The second-order valence-electron chi connectivity index (χ2n) is 8.38. The van der Waals surface area contributed by atoms with Crippen molar-refractivity contribution in [3.8, 4) is 0 Å². The largest absolute Gasteiger partial charge is 0.0781 e. The molecular weight excluding hydrogens is 240 g/mol. The van der Waals surface area contributed by atoms with Crippen LogP contribution in [0.5, 0.6) is 0 Å². The molecule has 0 heteroatoms. The maximum atomic E-state index is 2.65. The highest BCUT2D eigenvalue weighted by atomic mass is 14.6. The first-order chi connectivity index (χ1) is 9.43. The molecule has 0 aromatic carbocycles. The Bertz CT molecular complexity index is 451. The first-order valence-corrected chi connectivity index (χ1v) is 8.79. The molecule has 4 unspecified atom stereocenters. The molecule has 0 bridgehead atoms. The van der Waals surface area contributed by atoms with E-state index in [0.29, 0.717) is 5.41 Å². The molecule has 0 aromatic heterocycles. The van der Waals surface area contributed by atoms with Gasteiger partial charge in [-0.25, -0.2) is 0 Å². The predicted molar refractivity (Wildman–Crippen MR) is 87.6 cm³/mol. The maximum Gasteiger partial charge on any atom is 0.00156 e. The first-order valence-electron chi connectivity index (χ1n) is 8.79. The number of allylic oxidation sites excluding steroid dienone is 4. The Morgan fingerprint density at radius 1 is 1.10 bits per heavy atom. The molecule has 0 saturated heterocycles. The minimum Gasteiger partial charge on any atom is -0.0781 e. The Morgan fingerprint density at radius 2 is 1.85 bits per heavy atom. The van der Waals surface area contributed by atoms with Crippen LogP contribution in [0.3, 0.4) is 0 Å². The molecule has 3 rings (SSSR count). The number of hydrogen-bond acceptors (Lipinski definition) is 0. The number of hydrogen-bond donors (Lipinski definition) is 0. The fraction of sp³-hybridized carbons (Fsp3) is 0.800. The van der Waals surface area contributed by atoms with Gasteiger partial charge < -0.3 is 0 Å². The van der Waals surface area contributed by atoms with E-state index in [4.69, 9.17) is 0 Å². The van der Waals surface area contributed by atoms with E-state index in [0.717, 1.165) is 23.7 Å². The van der Waals surface area contributed by atoms with Gasteiger partial charge in [-0.15, -0.1) is 0 Å². The first kappa shape index (κ1) is 14.4. The Kier molecular flexibility index (Phi) is 3.63. The fourth-order valence-corrected chi connectivity index (χ4v) is 5.81. The van der Waals surface area contributed by atoms with Crippen molar-refractivity contribution in [3.05, 3.63) is 22.8 Å². The molecule has 1 fully saturated rings. The average molecular weight is 272 g/mol. The van der Waals surface area contributed by atoms with Gasteiger partial charge in [0, 0.05) is 5.92 Å². The van der Waals surface area contributed by atoms with Crippen molar-refractivity contribution in [1.29, 1.82) is 0 Å². The second kappa shape index (κ2) is 5.04. The summed E-state index contributed by atoms with van der Waals surface area (Å²) in [5.41, 5.74) is 5.78. The third-order valence-electron chi connectivity index (χ3n) is 6.96. The van der Waals surface area contributed by atoms with Crippen LogP contribution in [0.1, 0.15) is 73.1 Å². The minimum absolute atomic E-state index is 0.579. The van der Waals surface area contributed by atoms with Crippen LogP contribution in [-0.4, -0.2) is 0 Å². The molecule has 112 valence electrons. The van der Waals surface area contributed by atoms with E-state index in [1.54, 1.807) is 11.1 Å². The summed E-state index contributed by atoms with van der Waals surface area (Å²) in [6.07, 6.45) is 11.0. The lowest BCUT2D eigenvalue weighted by Gasteiger charge is -2.42. The molecule has 0 spiro atoms. The van der Waals surface area contributed by atoms with E-state index in [9.17, 15) is 0 Å². The molecule has 0 radical (unpaired) electrons. The van der Waals surface area contributed by atoms with Gasteiger partial charge in [0.1, 0.15) is 0 Å². The molecule has 0 amide bonds. The molecule has 20 heavy (non-hydrogen) atoms. The summed E-state index contributed by atoms with van der Waals surface area (Å²) in [5.74, 6) is 3.48. The van der Waals surface area contributed by atoms with Gasteiger partial charge in [0.25, 0.3) is 0 Å². The van der Waals surface area contributed by atoms with Gasteiger partial charge in [-0.3, -0.25) is 0 Å². The van der Waals surface area contributed by atoms with Gasteiger partial charge in [-0.05, 0) is 75.5 Å². The smallest absolute Gasteiger partial charge is 0.00156 e. The minimum atomic E-state index is 0.579. The van der Waals surface area contributed by atoms with E-state index in [1.807, 2.05) is 5.57 Å². The molecule has 0 N–H and O–H groups in total. The molecule has 1 saturated carbocycles. The summed E-state index contributed by atoms with van der Waals surface area (Å²) in [4.78, 5) is 0. The number of rotatable bonds is 1. The van der Waals surface area contributed by atoms with Crippen LogP contribution >= 0.6 is 0 Å². The highest BCUT2D eigenvalue weighted by Gasteiger charge is 2.51. The van der Waals surface area contributed by atoms with Crippen LogP contribution in [0.4, 0.5) is 0 Å². The van der Waals surface area contributed by atoms with Gasteiger partial charge in [-0.2, -0.15) is 0 Å². The quantitative estimate of drug-likeness (QED) is 0.503. The second-order valence-corrected chi connectivity index (χ2v) is 8.38. The molecule has 3 aliphatic carbocycles.